The van der Waals surface area contributed by atoms with Gasteiger partial charge in [0.25, 0.3) is 0 Å². The van der Waals surface area contributed by atoms with E-state index in [9.17, 15) is 54.0 Å². The predicted molar refractivity (Wildman–Crippen MR) is 172 cm³/mol. The molecule has 1 aliphatic heterocycles. The number of phenolic OH excluding ortho intramolecular Hbond substituents is 2. The summed E-state index contributed by atoms with van der Waals surface area (Å²) in [6.45, 7) is 2.49. The molecule has 8 N–H and O–H groups in total. The maximum Gasteiger partial charge on any atom is 0.326 e. The fraction of sp³-hybridized carbons (Fsp3) is 0.406. The van der Waals surface area contributed by atoms with Gasteiger partial charge in [-0.3, -0.25) is 28.8 Å². The molecule has 0 fully saturated rings. The minimum absolute atomic E-state index is 0.0611. The van der Waals surface area contributed by atoms with Crippen LogP contribution in [0.5, 0.6) is 11.5 Å². The maximum atomic E-state index is 13.7. The number of aliphatic hydroxyl groups excluding tert-OH is 1. The largest absolute Gasteiger partial charge is 0.507 e. The Morgan fingerprint density at radius 3 is 2.14 bits per heavy atom. The van der Waals surface area contributed by atoms with Crippen LogP contribution in [0.25, 0.3) is 11.1 Å². The third-order valence-corrected chi connectivity index (χ3v) is 8.13. The molecule has 5 unspecified atom stereocenters. The second kappa shape index (κ2) is 15.9. The number of aliphatic hydroxyl groups is 1. The monoisotopic (exact) mass is 684 g/mol. The molecule has 0 aromatic heterocycles. The fourth-order valence-electron chi connectivity index (χ4n) is 5.07. The quantitative estimate of drug-likeness (QED) is 0.149. The second-order valence-corrected chi connectivity index (χ2v) is 11.6. The molecule has 0 saturated carbocycles. The molecule has 3 rings (SSSR count). The van der Waals surface area contributed by atoms with E-state index >= 15 is 0 Å². The van der Waals surface area contributed by atoms with Crippen molar-refractivity contribution in [2.75, 3.05) is 27.2 Å². The van der Waals surface area contributed by atoms with Crippen LogP contribution in [0.15, 0.2) is 36.4 Å². The van der Waals surface area contributed by atoms with E-state index in [1.54, 1.807) is 0 Å². The Balaban J connectivity index is 1.92. The lowest BCUT2D eigenvalue weighted by Crippen LogP contribution is -2.55. The number of carboxylic acids is 1. The number of nitrogens with zero attached hydrogens (tertiary/aromatic N) is 2. The molecule has 49 heavy (non-hydrogen) atoms. The molecule has 17 nitrogen and oxygen atoms in total. The normalized spacial score (nSPS) is 18.8. The Hall–Kier alpha value is -5.71. The van der Waals surface area contributed by atoms with E-state index in [0.29, 0.717) is 5.56 Å². The van der Waals surface area contributed by atoms with E-state index in [1.807, 2.05) is 0 Å². The first-order valence-electron chi connectivity index (χ1n) is 15.1. The molecule has 2 aromatic carbocycles. The number of rotatable bonds is 9. The lowest BCUT2D eigenvalue weighted by molar-refractivity contribution is -0.143. The number of carbonyl (C=O) groups is 7. The van der Waals surface area contributed by atoms with Gasteiger partial charge in [-0.25, -0.2) is 4.79 Å². The molecule has 2 aromatic rings. The standard InChI is InChI=1S/C32H40N6O11/c1-15(34-30(46)23(14-39)37(4)17(3)40)28(44)33-13-26(43)38(5)27-19-7-9-25(42)21(12-19)20-10-18(6-8-24(20)41)11-22(32(48)49)36-29(45)16(2)35-31(27)47/h6-10,12,15-16,22-23,27,39,41-42H,11,13-14H2,1-5H3,(H,33,44)(H,34,46)(H,35,47)(H,36,45)(H,48,49). The minimum atomic E-state index is -1.47. The molecule has 0 spiro atoms. The molecule has 264 valence electrons. The van der Waals surface area contributed by atoms with Crippen molar-refractivity contribution < 1.29 is 54.0 Å². The molecular weight excluding hydrogens is 644 g/mol. The smallest absolute Gasteiger partial charge is 0.326 e. The molecule has 4 bridgehead atoms. The van der Waals surface area contributed by atoms with Crippen LogP contribution in [0.2, 0.25) is 0 Å². The van der Waals surface area contributed by atoms with Crippen LogP contribution < -0.4 is 21.3 Å². The highest BCUT2D eigenvalue weighted by molar-refractivity contribution is 5.96. The van der Waals surface area contributed by atoms with Crippen molar-refractivity contribution in [2.24, 2.45) is 0 Å². The van der Waals surface area contributed by atoms with Gasteiger partial charge in [-0.05, 0) is 49.2 Å². The van der Waals surface area contributed by atoms with E-state index in [4.69, 9.17) is 0 Å². The summed E-state index contributed by atoms with van der Waals surface area (Å²) in [5.41, 5.74) is 0.704. The van der Waals surface area contributed by atoms with Crippen molar-refractivity contribution >= 4 is 41.4 Å². The van der Waals surface area contributed by atoms with Crippen LogP contribution in [-0.2, 0) is 40.0 Å². The summed E-state index contributed by atoms with van der Waals surface area (Å²) < 4.78 is 0. The van der Waals surface area contributed by atoms with Crippen LogP contribution >= 0.6 is 0 Å². The Kier molecular flexibility index (Phi) is 12.3. The first-order valence-corrected chi connectivity index (χ1v) is 15.1. The zero-order valence-corrected chi connectivity index (χ0v) is 27.5. The first-order chi connectivity index (χ1) is 23.0. The molecule has 0 saturated heterocycles. The van der Waals surface area contributed by atoms with Gasteiger partial charge < -0.3 is 51.5 Å². The zero-order chi connectivity index (χ0) is 36.7. The lowest BCUT2D eigenvalue weighted by Gasteiger charge is -2.30. The van der Waals surface area contributed by atoms with E-state index < -0.39 is 84.8 Å². The number of aliphatic carboxylic acids is 1. The van der Waals surface area contributed by atoms with Gasteiger partial charge in [0.05, 0.1) is 13.2 Å². The average molecular weight is 685 g/mol. The number of carbonyl (C=O) groups excluding carboxylic acids is 6. The number of likely N-dealkylation sites (N-methyl/N-ethyl adjacent to an activating group) is 2. The molecule has 0 radical (unpaired) electrons. The second-order valence-electron chi connectivity index (χ2n) is 11.6. The van der Waals surface area contributed by atoms with E-state index in [0.717, 1.165) is 9.80 Å². The molecule has 5 atom stereocenters. The fourth-order valence-corrected chi connectivity index (χ4v) is 5.07. The molecule has 1 aliphatic rings. The van der Waals surface area contributed by atoms with Gasteiger partial charge in [0, 0.05) is 38.6 Å². The highest BCUT2D eigenvalue weighted by Gasteiger charge is 2.34. The lowest BCUT2D eigenvalue weighted by atomic mass is 9.94. The van der Waals surface area contributed by atoms with Crippen LogP contribution in [-0.4, -0.2) is 123 Å². The zero-order valence-electron chi connectivity index (χ0n) is 27.5. The number of nitrogens with one attached hydrogen (secondary N) is 4. The molecule has 6 amide bonds. The van der Waals surface area contributed by atoms with E-state index in [2.05, 4.69) is 21.3 Å². The van der Waals surface area contributed by atoms with Gasteiger partial charge in [0.1, 0.15) is 41.7 Å². The summed E-state index contributed by atoms with van der Waals surface area (Å²) in [4.78, 5) is 90.9. The van der Waals surface area contributed by atoms with Crippen molar-refractivity contribution in [2.45, 2.75) is 57.4 Å². The number of hydrogen-bond donors (Lipinski definition) is 8. The van der Waals surface area contributed by atoms with E-state index in [1.165, 1.54) is 71.3 Å². The number of aromatic hydroxyl groups is 2. The third kappa shape index (κ3) is 9.01. The third-order valence-electron chi connectivity index (χ3n) is 8.13. The predicted octanol–water partition coefficient (Wildman–Crippen LogP) is -1.65. The Morgan fingerprint density at radius 2 is 1.55 bits per heavy atom. The Morgan fingerprint density at radius 1 is 0.939 bits per heavy atom. The maximum absolute atomic E-state index is 13.7. The van der Waals surface area contributed by atoms with Gasteiger partial charge in [0.2, 0.25) is 35.4 Å². The number of fused-ring (bicyclic) bond motifs is 5. The minimum Gasteiger partial charge on any atom is -0.507 e. The van der Waals surface area contributed by atoms with Crippen LogP contribution in [0, 0.1) is 0 Å². The molecule has 0 aliphatic carbocycles. The number of hydrogen-bond acceptors (Lipinski definition) is 10. The summed E-state index contributed by atoms with van der Waals surface area (Å²) in [5.74, 6) is -6.51. The van der Waals surface area contributed by atoms with Crippen molar-refractivity contribution in [1.29, 1.82) is 0 Å². The van der Waals surface area contributed by atoms with Crippen LogP contribution in [0.1, 0.15) is 37.9 Å². The number of amides is 6. The number of carboxylic acid groups (broad SMARTS) is 1. The number of benzene rings is 2. The SMILES string of the molecule is CC(=O)N(C)C(CO)C(=O)NC(C)C(=O)NCC(=O)N(C)C1C(=O)NC(C)C(=O)NC(C(=O)O)Cc2ccc(O)c(c2)-c2cc1ccc2O. The van der Waals surface area contributed by atoms with Gasteiger partial charge >= 0.3 is 5.97 Å². The summed E-state index contributed by atoms with van der Waals surface area (Å²) in [6, 6.07) is 1.56. The summed E-state index contributed by atoms with van der Waals surface area (Å²) in [7, 11) is 2.56. The highest BCUT2D eigenvalue weighted by Crippen LogP contribution is 2.38. The van der Waals surface area contributed by atoms with Crippen LogP contribution in [0.4, 0.5) is 0 Å². The summed E-state index contributed by atoms with van der Waals surface area (Å²) >= 11 is 0. The topological polar surface area (TPSA) is 255 Å². The van der Waals surface area contributed by atoms with Gasteiger partial charge in [-0.1, -0.05) is 12.1 Å². The molecular formula is C32H40N6O11. The average Bonchev–Trinajstić information content (AvgIpc) is 3.04. The van der Waals surface area contributed by atoms with Gasteiger partial charge in [0.15, 0.2) is 0 Å². The van der Waals surface area contributed by atoms with E-state index in [-0.39, 0.29) is 34.6 Å². The Bertz CT molecular complexity index is 1650. The Labute approximate surface area is 281 Å². The van der Waals surface area contributed by atoms with Crippen molar-refractivity contribution in [1.82, 2.24) is 31.1 Å². The van der Waals surface area contributed by atoms with Crippen molar-refractivity contribution in [3.05, 3.63) is 47.5 Å². The van der Waals surface area contributed by atoms with Gasteiger partial charge in [-0.15, -0.1) is 0 Å². The van der Waals surface area contributed by atoms with Gasteiger partial charge in [-0.2, -0.15) is 0 Å². The number of phenols is 2. The highest BCUT2D eigenvalue weighted by atomic mass is 16.4. The van der Waals surface area contributed by atoms with Crippen molar-refractivity contribution in [3.8, 4) is 22.6 Å². The molecule has 1 heterocycles. The van der Waals surface area contributed by atoms with Crippen molar-refractivity contribution in [3.63, 3.8) is 0 Å². The molecule has 17 heteroatoms. The summed E-state index contributed by atoms with van der Waals surface area (Å²) in [5, 5.41) is 50.3. The first kappa shape index (κ1) is 37.7. The summed E-state index contributed by atoms with van der Waals surface area (Å²) in [6.07, 6.45) is -0.180. The van der Waals surface area contributed by atoms with Crippen LogP contribution in [0.3, 0.4) is 0 Å².